The molecule has 1 aromatic heterocycles. The van der Waals surface area contributed by atoms with Crippen molar-refractivity contribution in [3.05, 3.63) is 17.8 Å². The lowest BCUT2D eigenvalue weighted by Crippen LogP contribution is -2.42. The molecule has 136 valence electrons. The van der Waals surface area contributed by atoms with E-state index in [1.54, 1.807) is 13.3 Å². The molecule has 0 saturated heterocycles. The highest BCUT2D eigenvalue weighted by Crippen LogP contribution is 2.23. The molecule has 0 radical (unpaired) electrons. The van der Waals surface area contributed by atoms with Crippen molar-refractivity contribution >= 4 is 11.6 Å². The number of aromatic nitrogens is 1. The van der Waals surface area contributed by atoms with Gasteiger partial charge in [-0.3, -0.25) is 4.79 Å². The van der Waals surface area contributed by atoms with E-state index in [2.05, 4.69) is 24.1 Å². The largest absolute Gasteiger partial charge is 0.477 e. The molecule has 0 fully saturated rings. The molecule has 1 amide bonds. The fraction of sp³-hybridized carbons (Fsp3) is 0.684. The summed E-state index contributed by atoms with van der Waals surface area (Å²) in [6.07, 6.45) is 7.60. The third-order valence-electron chi connectivity index (χ3n) is 4.21. The number of hydrogen-bond donors (Lipinski definition) is 1. The van der Waals surface area contributed by atoms with E-state index in [9.17, 15) is 4.79 Å². The monoisotopic (exact) mass is 336 g/mol. The average molecular weight is 336 g/mol. The van der Waals surface area contributed by atoms with Crippen molar-refractivity contribution in [3.8, 4) is 5.88 Å². The molecular weight excluding hydrogens is 304 g/mol. The van der Waals surface area contributed by atoms with Crippen molar-refractivity contribution in [2.75, 3.05) is 19.0 Å². The van der Waals surface area contributed by atoms with Crippen LogP contribution in [-0.4, -0.2) is 30.2 Å². The van der Waals surface area contributed by atoms with E-state index < -0.39 is 5.60 Å². The Morgan fingerprint density at radius 1 is 1.25 bits per heavy atom. The molecule has 5 nitrogen and oxygen atoms in total. The van der Waals surface area contributed by atoms with Crippen LogP contribution in [-0.2, 0) is 9.53 Å². The Kier molecular flexibility index (Phi) is 8.76. The van der Waals surface area contributed by atoms with Gasteiger partial charge in [0.1, 0.15) is 5.60 Å². The van der Waals surface area contributed by atoms with Gasteiger partial charge in [0.2, 0.25) is 5.88 Å². The predicted octanol–water partition coefficient (Wildman–Crippen LogP) is 4.49. The highest BCUT2D eigenvalue weighted by molar-refractivity contribution is 5.97. The van der Waals surface area contributed by atoms with Gasteiger partial charge in [-0.1, -0.05) is 39.5 Å². The molecule has 1 rings (SSSR count). The molecule has 1 heterocycles. The zero-order chi connectivity index (χ0) is 18.0. The third-order valence-corrected chi connectivity index (χ3v) is 4.21. The molecule has 1 N–H and O–H groups in total. The van der Waals surface area contributed by atoms with Gasteiger partial charge < -0.3 is 14.8 Å². The van der Waals surface area contributed by atoms with Gasteiger partial charge in [0.15, 0.2) is 0 Å². The number of ether oxygens (including phenoxy) is 2. The lowest BCUT2D eigenvalue weighted by Gasteiger charge is -2.27. The molecular formula is C19H32N2O3. The van der Waals surface area contributed by atoms with Gasteiger partial charge in [-0.25, -0.2) is 4.98 Å². The van der Waals surface area contributed by atoms with Crippen molar-refractivity contribution in [1.29, 1.82) is 0 Å². The van der Waals surface area contributed by atoms with Crippen molar-refractivity contribution in [2.24, 2.45) is 0 Å². The zero-order valence-electron chi connectivity index (χ0n) is 15.8. The van der Waals surface area contributed by atoms with Crippen LogP contribution in [0.15, 0.2) is 12.3 Å². The van der Waals surface area contributed by atoms with Crippen LogP contribution < -0.4 is 10.1 Å². The number of unbranched alkanes of at least 4 members (excludes halogenated alkanes) is 3. The SMILES string of the molecule is CCCCCC(C)(OC)C(=O)Nc1cnc(OCCCC)c(C)c1. The maximum atomic E-state index is 12.6. The Morgan fingerprint density at radius 2 is 1.96 bits per heavy atom. The molecule has 0 spiro atoms. The van der Waals surface area contributed by atoms with Crippen LogP contribution in [0.2, 0.25) is 0 Å². The van der Waals surface area contributed by atoms with Gasteiger partial charge in [0, 0.05) is 12.7 Å². The van der Waals surface area contributed by atoms with Gasteiger partial charge in [-0.2, -0.15) is 0 Å². The van der Waals surface area contributed by atoms with Gasteiger partial charge in [0.25, 0.3) is 5.91 Å². The molecule has 1 atom stereocenters. The summed E-state index contributed by atoms with van der Waals surface area (Å²) in [6.45, 7) is 8.69. The first-order chi connectivity index (χ1) is 11.5. The maximum absolute atomic E-state index is 12.6. The summed E-state index contributed by atoms with van der Waals surface area (Å²) in [5.74, 6) is 0.487. The van der Waals surface area contributed by atoms with Gasteiger partial charge in [0.05, 0.1) is 18.5 Å². The molecule has 0 saturated carbocycles. The smallest absolute Gasteiger partial charge is 0.256 e. The number of pyridine rings is 1. The molecule has 0 aliphatic heterocycles. The third kappa shape index (κ3) is 6.11. The van der Waals surface area contributed by atoms with E-state index in [1.807, 2.05) is 19.9 Å². The van der Waals surface area contributed by atoms with Crippen LogP contribution in [0.5, 0.6) is 5.88 Å². The van der Waals surface area contributed by atoms with Crippen LogP contribution in [0.4, 0.5) is 5.69 Å². The second kappa shape index (κ2) is 10.3. The standard InChI is InChI=1S/C19H32N2O3/c1-6-8-10-11-19(4,23-5)18(22)21-16-13-15(3)17(20-14-16)24-12-9-7-2/h13-14H,6-12H2,1-5H3,(H,21,22). The van der Waals surface area contributed by atoms with E-state index in [0.29, 0.717) is 24.6 Å². The Balaban J connectivity index is 2.69. The number of methoxy groups -OCH3 is 1. The number of anilines is 1. The van der Waals surface area contributed by atoms with E-state index in [-0.39, 0.29) is 5.91 Å². The molecule has 24 heavy (non-hydrogen) atoms. The second-order valence-electron chi connectivity index (χ2n) is 6.39. The maximum Gasteiger partial charge on any atom is 0.256 e. The van der Waals surface area contributed by atoms with Crippen LogP contribution in [0.25, 0.3) is 0 Å². The highest BCUT2D eigenvalue weighted by Gasteiger charge is 2.32. The molecule has 0 bridgehead atoms. The molecule has 0 aliphatic rings. The minimum absolute atomic E-state index is 0.137. The van der Waals surface area contributed by atoms with Crippen LogP contribution >= 0.6 is 0 Å². The number of nitrogens with zero attached hydrogens (tertiary/aromatic N) is 1. The van der Waals surface area contributed by atoms with Crippen LogP contribution in [0.3, 0.4) is 0 Å². The summed E-state index contributed by atoms with van der Waals surface area (Å²) < 4.78 is 11.1. The minimum atomic E-state index is -0.820. The molecule has 0 aromatic carbocycles. The Bertz CT molecular complexity index is 519. The summed E-state index contributed by atoms with van der Waals surface area (Å²) in [5, 5.41) is 2.91. The summed E-state index contributed by atoms with van der Waals surface area (Å²) in [5.41, 5.74) is 0.757. The number of carbonyl (C=O) groups excluding carboxylic acids is 1. The van der Waals surface area contributed by atoms with Crippen molar-refractivity contribution in [2.45, 2.75) is 71.8 Å². The predicted molar refractivity (Wildman–Crippen MR) is 97.6 cm³/mol. The topological polar surface area (TPSA) is 60.5 Å². The van der Waals surface area contributed by atoms with Crippen molar-refractivity contribution in [3.63, 3.8) is 0 Å². The Hall–Kier alpha value is -1.62. The zero-order valence-corrected chi connectivity index (χ0v) is 15.8. The summed E-state index contributed by atoms with van der Waals surface area (Å²) in [6, 6.07) is 1.88. The first-order valence-corrected chi connectivity index (χ1v) is 8.92. The fourth-order valence-corrected chi connectivity index (χ4v) is 2.38. The molecule has 5 heteroatoms. The lowest BCUT2D eigenvalue weighted by atomic mass is 9.97. The number of rotatable bonds is 11. The number of nitrogens with one attached hydrogen (secondary N) is 1. The number of amides is 1. The normalized spacial score (nSPS) is 13.4. The number of aryl methyl sites for hydroxylation is 1. The van der Waals surface area contributed by atoms with Crippen molar-refractivity contribution in [1.82, 2.24) is 4.98 Å². The first-order valence-electron chi connectivity index (χ1n) is 8.92. The molecule has 1 unspecified atom stereocenters. The van der Waals surface area contributed by atoms with E-state index in [1.165, 1.54) is 0 Å². The minimum Gasteiger partial charge on any atom is -0.477 e. The molecule has 0 aliphatic carbocycles. The van der Waals surface area contributed by atoms with E-state index >= 15 is 0 Å². The summed E-state index contributed by atoms with van der Waals surface area (Å²) in [7, 11) is 1.58. The fourth-order valence-electron chi connectivity index (χ4n) is 2.38. The van der Waals surface area contributed by atoms with Crippen LogP contribution in [0.1, 0.15) is 64.9 Å². The number of carbonyl (C=O) groups is 1. The van der Waals surface area contributed by atoms with Crippen molar-refractivity contribution < 1.29 is 14.3 Å². The average Bonchev–Trinajstić information content (AvgIpc) is 2.57. The van der Waals surface area contributed by atoms with E-state index in [0.717, 1.165) is 37.7 Å². The van der Waals surface area contributed by atoms with Gasteiger partial charge in [-0.05, 0) is 32.8 Å². The van der Waals surface area contributed by atoms with Crippen LogP contribution in [0, 0.1) is 6.92 Å². The molecule has 1 aromatic rings. The Morgan fingerprint density at radius 3 is 2.54 bits per heavy atom. The Labute approximate surface area is 146 Å². The summed E-state index contributed by atoms with van der Waals surface area (Å²) >= 11 is 0. The number of hydrogen-bond acceptors (Lipinski definition) is 4. The van der Waals surface area contributed by atoms with Gasteiger partial charge in [-0.15, -0.1) is 0 Å². The van der Waals surface area contributed by atoms with Gasteiger partial charge >= 0.3 is 0 Å². The highest BCUT2D eigenvalue weighted by atomic mass is 16.5. The second-order valence-corrected chi connectivity index (χ2v) is 6.39. The quantitative estimate of drug-likeness (QED) is 0.605. The lowest BCUT2D eigenvalue weighted by molar-refractivity contribution is -0.136. The first kappa shape index (κ1) is 20.4. The summed E-state index contributed by atoms with van der Waals surface area (Å²) in [4.78, 5) is 16.9. The van der Waals surface area contributed by atoms with E-state index in [4.69, 9.17) is 9.47 Å².